The summed E-state index contributed by atoms with van der Waals surface area (Å²) in [6.45, 7) is 12.2. The first-order chi connectivity index (χ1) is 9.61. The number of alkyl carbamates (subject to hydrolysis) is 1. The Labute approximate surface area is 128 Å². The molecule has 1 aliphatic rings. The Balaban J connectivity index is 2.72. The van der Waals surface area contributed by atoms with Gasteiger partial charge in [0.15, 0.2) is 0 Å². The van der Waals surface area contributed by atoms with Gasteiger partial charge in [-0.1, -0.05) is 13.8 Å². The third-order valence-corrected chi connectivity index (χ3v) is 3.69. The molecule has 1 N–H and O–H groups in total. The number of nitrogens with one attached hydrogen (secondary N) is 1. The third-order valence-electron chi connectivity index (χ3n) is 3.69. The highest BCUT2D eigenvalue weighted by Gasteiger charge is 2.33. The molecule has 0 spiro atoms. The SMILES string of the molecule is CC(C)C(NC(=O)OC(C)(C)C)C(=O)N1CCCCC1C. The van der Waals surface area contributed by atoms with Crippen LogP contribution in [0.15, 0.2) is 0 Å². The van der Waals surface area contributed by atoms with Gasteiger partial charge in [0.05, 0.1) is 0 Å². The molecule has 0 aromatic heterocycles. The standard InChI is InChI=1S/C16H30N2O3/c1-11(2)13(17-15(20)21-16(4,5)6)14(19)18-10-8-7-9-12(18)3/h11-13H,7-10H2,1-6H3,(H,17,20). The highest BCUT2D eigenvalue weighted by molar-refractivity contribution is 5.86. The lowest BCUT2D eigenvalue weighted by Gasteiger charge is -2.37. The second-order valence-electron chi connectivity index (χ2n) is 7.24. The van der Waals surface area contributed by atoms with Crippen molar-refractivity contribution >= 4 is 12.0 Å². The van der Waals surface area contributed by atoms with Gasteiger partial charge in [-0.05, 0) is 52.9 Å². The van der Waals surface area contributed by atoms with Gasteiger partial charge in [-0.3, -0.25) is 4.79 Å². The monoisotopic (exact) mass is 298 g/mol. The second kappa shape index (κ2) is 7.14. The molecule has 0 aliphatic carbocycles. The molecule has 2 atom stereocenters. The van der Waals surface area contributed by atoms with Crippen molar-refractivity contribution in [2.24, 2.45) is 5.92 Å². The average molecular weight is 298 g/mol. The van der Waals surface area contributed by atoms with Gasteiger partial charge in [0.25, 0.3) is 0 Å². The van der Waals surface area contributed by atoms with E-state index in [9.17, 15) is 9.59 Å². The molecule has 2 amide bonds. The van der Waals surface area contributed by atoms with E-state index in [1.54, 1.807) is 0 Å². The summed E-state index contributed by atoms with van der Waals surface area (Å²) in [6, 6.07) is -0.284. The van der Waals surface area contributed by atoms with E-state index in [-0.39, 0.29) is 17.9 Å². The van der Waals surface area contributed by atoms with Gasteiger partial charge in [0.2, 0.25) is 5.91 Å². The molecule has 122 valence electrons. The van der Waals surface area contributed by atoms with Crippen molar-refractivity contribution in [3.63, 3.8) is 0 Å². The predicted octanol–water partition coefficient (Wildman–Crippen LogP) is 2.94. The lowest BCUT2D eigenvalue weighted by molar-refractivity contribution is -0.137. The molecule has 1 fully saturated rings. The van der Waals surface area contributed by atoms with Gasteiger partial charge in [-0.25, -0.2) is 4.79 Å². The Kier molecular flexibility index (Phi) is 6.05. The molecule has 0 radical (unpaired) electrons. The predicted molar refractivity (Wildman–Crippen MR) is 83.0 cm³/mol. The van der Waals surface area contributed by atoms with Crippen LogP contribution in [0.3, 0.4) is 0 Å². The number of piperidine rings is 1. The molecule has 1 heterocycles. The molecule has 5 heteroatoms. The molecular formula is C16H30N2O3. The zero-order valence-corrected chi connectivity index (χ0v) is 14.2. The van der Waals surface area contributed by atoms with Crippen molar-refractivity contribution in [3.05, 3.63) is 0 Å². The maximum absolute atomic E-state index is 12.7. The van der Waals surface area contributed by atoms with Crippen LogP contribution >= 0.6 is 0 Å². The number of carbonyl (C=O) groups is 2. The largest absolute Gasteiger partial charge is 0.444 e. The maximum atomic E-state index is 12.7. The maximum Gasteiger partial charge on any atom is 0.408 e. The van der Waals surface area contributed by atoms with Gasteiger partial charge in [-0.15, -0.1) is 0 Å². The summed E-state index contributed by atoms with van der Waals surface area (Å²) < 4.78 is 5.26. The van der Waals surface area contributed by atoms with E-state index in [2.05, 4.69) is 12.2 Å². The molecule has 0 aromatic rings. The molecule has 21 heavy (non-hydrogen) atoms. The number of rotatable bonds is 3. The summed E-state index contributed by atoms with van der Waals surface area (Å²) in [7, 11) is 0. The molecule has 5 nitrogen and oxygen atoms in total. The Bertz CT molecular complexity index is 374. The molecule has 0 bridgehead atoms. The molecule has 2 unspecified atom stereocenters. The summed E-state index contributed by atoms with van der Waals surface area (Å²) in [5.41, 5.74) is -0.562. The van der Waals surface area contributed by atoms with Crippen LogP contribution in [-0.4, -0.2) is 41.1 Å². The Morgan fingerprint density at radius 3 is 2.33 bits per heavy atom. The van der Waals surface area contributed by atoms with Crippen LogP contribution in [0.1, 0.15) is 60.8 Å². The van der Waals surface area contributed by atoms with E-state index < -0.39 is 17.7 Å². The lowest BCUT2D eigenvalue weighted by atomic mass is 9.98. The summed E-state index contributed by atoms with van der Waals surface area (Å²) in [5, 5.41) is 2.74. The fourth-order valence-corrected chi connectivity index (χ4v) is 2.55. The highest BCUT2D eigenvalue weighted by atomic mass is 16.6. The number of hydrogen-bond donors (Lipinski definition) is 1. The topological polar surface area (TPSA) is 58.6 Å². The third kappa shape index (κ3) is 5.56. The van der Waals surface area contributed by atoms with Gasteiger partial charge in [0, 0.05) is 12.6 Å². The quantitative estimate of drug-likeness (QED) is 0.871. The zero-order chi connectivity index (χ0) is 16.2. The van der Waals surface area contributed by atoms with Crippen LogP contribution in [0.2, 0.25) is 0 Å². The second-order valence-corrected chi connectivity index (χ2v) is 7.24. The molecule has 1 aliphatic heterocycles. The number of hydrogen-bond acceptors (Lipinski definition) is 3. The average Bonchev–Trinajstić information content (AvgIpc) is 2.33. The smallest absolute Gasteiger partial charge is 0.408 e. The van der Waals surface area contributed by atoms with E-state index in [4.69, 9.17) is 4.74 Å². The number of likely N-dealkylation sites (tertiary alicyclic amines) is 1. The van der Waals surface area contributed by atoms with Crippen molar-refractivity contribution < 1.29 is 14.3 Å². The van der Waals surface area contributed by atoms with Crippen LogP contribution in [-0.2, 0) is 9.53 Å². The Morgan fingerprint density at radius 2 is 1.86 bits per heavy atom. The fraction of sp³-hybridized carbons (Fsp3) is 0.875. The lowest BCUT2D eigenvalue weighted by Crippen LogP contribution is -2.55. The number of amides is 2. The molecule has 1 saturated heterocycles. The summed E-state index contributed by atoms with van der Waals surface area (Å²) in [5.74, 6) is 0.0298. The Hall–Kier alpha value is -1.26. The van der Waals surface area contributed by atoms with E-state index >= 15 is 0 Å². The van der Waals surface area contributed by atoms with Crippen LogP contribution in [0.5, 0.6) is 0 Å². The van der Waals surface area contributed by atoms with Gasteiger partial charge in [0.1, 0.15) is 11.6 Å². The fourth-order valence-electron chi connectivity index (χ4n) is 2.55. The van der Waals surface area contributed by atoms with Gasteiger partial charge >= 0.3 is 6.09 Å². The first kappa shape index (κ1) is 17.8. The summed E-state index contributed by atoms with van der Waals surface area (Å²) in [6.07, 6.45) is 2.70. The Morgan fingerprint density at radius 1 is 1.24 bits per heavy atom. The van der Waals surface area contributed by atoms with Crippen LogP contribution < -0.4 is 5.32 Å². The van der Waals surface area contributed by atoms with Crippen LogP contribution in [0.25, 0.3) is 0 Å². The van der Waals surface area contributed by atoms with Crippen molar-refractivity contribution in [1.82, 2.24) is 10.2 Å². The minimum Gasteiger partial charge on any atom is -0.444 e. The van der Waals surface area contributed by atoms with E-state index in [1.807, 2.05) is 39.5 Å². The summed E-state index contributed by atoms with van der Waals surface area (Å²) >= 11 is 0. The van der Waals surface area contributed by atoms with E-state index in [1.165, 1.54) is 0 Å². The minimum absolute atomic E-state index is 0.00283. The van der Waals surface area contributed by atoms with Crippen molar-refractivity contribution in [2.75, 3.05) is 6.54 Å². The van der Waals surface area contributed by atoms with E-state index in [0.29, 0.717) is 0 Å². The molecule has 1 rings (SSSR count). The van der Waals surface area contributed by atoms with Crippen LogP contribution in [0, 0.1) is 5.92 Å². The number of ether oxygens (including phenoxy) is 1. The highest BCUT2D eigenvalue weighted by Crippen LogP contribution is 2.19. The van der Waals surface area contributed by atoms with Crippen molar-refractivity contribution in [2.45, 2.75) is 78.5 Å². The normalized spacial score (nSPS) is 21.1. The van der Waals surface area contributed by atoms with E-state index in [0.717, 1.165) is 25.8 Å². The first-order valence-electron chi connectivity index (χ1n) is 7.92. The van der Waals surface area contributed by atoms with Crippen molar-refractivity contribution in [1.29, 1.82) is 0 Å². The molecule has 0 aromatic carbocycles. The summed E-state index contributed by atoms with van der Waals surface area (Å²) in [4.78, 5) is 26.5. The number of nitrogens with zero attached hydrogens (tertiary/aromatic N) is 1. The van der Waals surface area contributed by atoms with Gasteiger partial charge < -0.3 is 15.0 Å². The van der Waals surface area contributed by atoms with Gasteiger partial charge in [-0.2, -0.15) is 0 Å². The van der Waals surface area contributed by atoms with Crippen molar-refractivity contribution in [3.8, 4) is 0 Å². The molecular weight excluding hydrogens is 268 g/mol. The number of carbonyl (C=O) groups excluding carboxylic acids is 2. The zero-order valence-electron chi connectivity index (χ0n) is 14.2. The molecule has 0 saturated carbocycles. The minimum atomic E-state index is -0.562. The first-order valence-corrected chi connectivity index (χ1v) is 7.92. The van der Waals surface area contributed by atoms with Crippen LogP contribution in [0.4, 0.5) is 4.79 Å².